The Balaban J connectivity index is 1.72. The van der Waals surface area contributed by atoms with Gasteiger partial charge >= 0.3 is 6.03 Å². The average Bonchev–Trinajstić information content (AvgIpc) is 2.97. The van der Waals surface area contributed by atoms with Crippen molar-refractivity contribution in [3.05, 3.63) is 54.7 Å². The molecule has 0 saturated carbocycles. The van der Waals surface area contributed by atoms with E-state index in [9.17, 15) is 4.79 Å². The first-order chi connectivity index (χ1) is 10.3. The van der Waals surface area contributed by atoms with E-state index in [1.54, 1.807) is 11.8 Å². The van der Waals surface area contributed by atoms with Crippen LogP contribution in [0.3, 0.4) is 0 Å². The van der Waals surface area contributed by atoms with Gasteiger partial charge in [0.05, 0.1) is 5.69 Å². The number of hydrogen-bond donors (Lipinski definition) is 3. The third-order valence-corrected chi connectivity index (χ3v) is 3.93. The number of rotatable bonds is 3. The minimum absolute atomic E-state index is 0.249. The van der Waals surface area contributed by atoms with Crippen LogP contribution in [0.5, 0.6) is 0 Å². The van der Waals surface area contributed by atoms with Crippen molar-refractivity contribution in [2.45, 2.75) is 4.90 Å². The van der Waals surface area contributed by atoms with Gasteiger partial charge in [0.1, 0.15) is 0 Å². The summed E-state index contributed by atoms with van der Waals surface area (Å²) in [6, 6.07) is 15.2. The van der Waals surface area contributed by atoms with Crippen molar-refractivity contribution in [3.63, 3.8) is 0 Å². The van der Waals surface area contributed by atoms with Crippen LogP contribution in [-0.2, 0) is 0 Å². The molecule has 0 aliphatic rings. The summed E-state index contributed by atoms with van der Waals surface area (Å²) in [5.74, 6) is 0. The van der Waals surface area contributed by atoms with Gasteiger partial charge in [-0.25, -0.2) is 4.79 Å². The Bertz CT molecular complexity index is 765. The van der Waals surface area contributed by atoms with Crippen molar-refractivity contribution in [3.8, 4) is 0 Å². The van der Waals surface area contributed by atoms with Crippen LogP contribution in [0.15, 0.2) is 59.6 Å². The van der Waals surface area contributed by atoms with Crippen LogP contribution in [-0.4, -0.2) is 17.3 Å². The Kier molecular flexibility index (Phi) is 3.83. The number of fused-ring (bicyclic) bond motifs is 1. The minimum Gasteiger partial charge on any atom is -0.361 e. The second kappa shape index (κ2) is 5.93. The molecule has 1 aromatic heterocycles. The van der Waals surface area contributed by atoms with Gasteiger partial charge in [-0.1, -0.05) is 6.07 Å². The lowest BCUT2D eigenvalue weighted by atomic mass is 10.2. The summed E-state index contributed by atoms with van der Waals surface area (Å²) < 4.78 is 0. The number of nitrogens with one attached hydrogen (secondary N) is 3. The maximum absolute atomic E-state index is 12.1. The maximum Gasteiger partial charge on any atom is 0.323 e. The second-order valence-electron chi connectivity index (χ2n) is 4.55. The molecule has 3 aromatic rings. The Morgan fingerprint density at radius 2 is 1.86 bits per heavy atom. The summed E-state index contributed by atoms with van der Waals surface area (Å²) in [5.41, 5.74) is 2.55. The molecule has 3 N–H and O–H groups in total. The number of hydrogen-bond acceptors (Lipinski definition) is 2. The van der Waals surface area contributed by atoms with E-state index in [4.69, 9.17) is 0 Å². The Morgan fingerprint density at radius 1 is 1.05 bits per heavy atom. The van der Waals surface area contributed by atoms with E-state index in [1.807, 2.05) is 61.0 Å². The largest absolute Gasteiger partial charge is 0.361 e. The molecular formula is C16H15N3OS. The number of carbonyl (C=O) groups excluding carboxylic acids is 1. The standard InChI is InChI=1S/C16H15N3OS/c1-21-12-7-5-11(6-8-12)18-16(20)19-15-4-2-3-14-13(15)9-10-17-14/h2-10,17H,1H3,(H2,18,19,20). The highest BCUT2D eigenvalue weighted by Gasteiger charge is 2.06. The minimum atomic E-state index is -0.249. The molecule has 0 spiro atoms. The fourth-order valence-electron chi connectivity index (χ4n) is 2.15. The van der Waals surface area contributed by atoms with E-state index in [1.165, 1.54) is 0 Å². The van der Waals surface area contributed by atoms with Gasteiger partial charge in [-0.2, -0.15) is 0 Å². The van der Waals surface area contributed by atoms with E-state index < -0.39 is 0 Å². The van der Waals surface area contributed by atoms with Crippen molar-refractivity contribution in [1.82, 2.24) is 4.98 Å². The van der Waals surface area contributed by atoms with Gasteiger partial charge in [0.25, 0.3) is 0 Å². The fraction of sp³-hybridized carbons (Fsp3) is 0.0625. The molecule has 21 heavy (non-hydrogen) atoms. The molecule has 2 amide bonds. The van der Waals surface area contributed by atoms with Crippen molar-refractivity contribution in [2.24, 2.45) is 0 Å². The summed E-state index contributed by atoms with van der Waals surface area (Å²) in [7, 11) is 0. The number of benzene rings is 2. The lowest BCUT2D eigenvalue weighted by Gasteiger charge is -2.09. The third-order valence-electron chi connectivity index (χ3n) is 3.19. The highest BCUT2D eigenvalue weighted by molar-refractivity contribution is 7.98. The smallest absolute Gasteiger partial charge is 0.323 e. The summed E-state index contributed by atoms with van der Waals surface area (Å²) in [6.45, 7) is 0. The summed E-state index contributed by atoms with van der Waals surface area (Å²) in [4.78, 5) is 16.4. The summed E-state index contributed by atoms with van der Waals surface area (Å²) >= 11 is 1.67. The molecule has 0 atom stereocenters. The van der Waals surface area contributed by atoms with Crippen molar-refractivity contribution < 1.29 is 4.79 Å². The lowest BCUT2D eigenvalue weighted by Crippen LogP contribution is -2.19. The van der Waals surface area contributed by atoms with E-state index in [-0.39, 0.29) is 6.03 Å². The van der Waals surface area contributed by atoms with Crippen LogP contribution in [0.1, 0.15) is 0 Å². The van der Waals surface area contributed by atoms with Crippen molar-refractivity contribution in [2.75, 3.05) is 16.9 Å². The molecular weight excluding hydrogens is 282 g/mol. The molecule has 0 saturated heterocycles. The number of urea groups is 1. The monoisotopic (exact) mass is 297 g/mol. The number of thioether (sulfide) groups is 1. The van der Waals surface area contributed by atoms with Gasteiger partial charge in [-0.05, 0) is 48.7 Å². The molecule has 2 aromatic carbocycles. The number of aromatic amines is 1. The van der Waals surface area contributed by atoms with Crippen molar-refractivity contribution >= 4 is 40.1 Å². The van der Waals surface area contributed by atoms with E-state index in [0.29, 0.717) is 0 Å². The van der Waals surface area contributed by atoms with E-state index >= 15 is 0 Å². The predicted molar refractivity (Wildman–Crippen MR) is 89.2 cm³/mol. The average molecular weight is 297 g/mol. The molecule has 1 heterocycles. The number of anilines is 2. The number of amides is 2. The first-order valence-corrected chi connectivity index (χ1v) is 7.77. The second-order valence-corrected chi connectivity index (χ2v) is 5.43. The van der Waals surface area contributed by atoms with Gasteiger partial charge in [0, 0.05) is 27.7 Å². The number of aromatic nitrogens is 1. The Morgan fingerprint density at radius 3 is 2.62 bits per heavy atom. The highest BCUT2D eigenvalue weighted by Crippen LogP contribution is 2.22. The molecule has 106 valence electrons. The topological polar surface area (TPSA) is 56.9 Å². The molecule has 0 unspecified atom stereocenters. The van der Waals surface area contributed by atoms with Crippen LogP contribution >= 0.6 is 11.8 Å². The molecule has 0 radical (unpaired) electrons. The zero-order valence-electron chi connectivity index (χ0n) is 11.5. The third kappa shape index (κ3) is 3.03. The fourth-order valence-corrected chi connectivity index (χ4v) is 2.56. The van der Waals surface area contributed by atoms with E-state index in [2.05, 4.69) is 15.6 Å². The molecule has 3 rings (SSSR count). The highest BCUT2D eigenvalue weighted by atomic mass is 32.2. The molecule has 4 nitrogen and oxygen atoms in total. The number of carbonyl (C=O) groups is 1. The normalized spacial score (nSPS) is 10.5. The zero-order valence-corrected chi connectivity index (χ0v) is 12.3. The molecule has 5 heteroatoms. The first-order valence-electron chi connectivity index (χ1n) is 6.54. The Labute approximate surface area is 126 Å². The SMILES string of the molecule is CSc1ccc(NC(=O)Nc2cccc3[nH]ccc23)cc1. The summed E-state index contributed by atoms with van der Waals surface area (Å²) in [6.07, 6.45) is 3.88. The predicted octanol–water partition coefficient (Wildman–Crippen LogP) is 4.53. The van der Waals surface area contributed by atoms with Crippen LogP contribution in [0.2, 0.25) is 0 Å². The van der Waals surface area contributed by atoms with Crippen LogP contribution in [0, 0.1) is 0 Å². The Hall–Kier alpha value is -2.40. The van der Waals surface area contributed by atoms with Gasteiger partial charge < -0.3 is 15.6 Å². The molecule has 0 bridgehead atoms. The van der Waals surface area contributed by atoms with Crippen LogP contribution in [0.4, 0.5) is 16.2 Å². The summed E-state index contributed by atoms with van der Waals surface area (Å²) in [5, 5.41) is 6.69. The lowest BCUT2D eigenvalue weighted by molar-refractivity contribution is 0.262. The quantitative estimate of drug-likeness (QED) is 0.622. The van der Waals surface area contributed by atoms with Gasteiger partial charge in [0.15, 0.2) is 0 Å². The molecule has 0 aliphatic carbocycles. The maximum atomic E-state index is 12.1. The van der Waals surface area contributed by atoms with Gasteiger partial charge in [0.2, 0.25) is 0 Å². The van der Waals surface area contributed by atoms with E-state index in [0.717, 1.165) is 27.2 Å². The van der Waals surface area contributed by atoms with Crippen molar-refractivity contribution in [1.29, 1.82) is 0 Å². The van der Waals surface area contributed by atoms with Gasteiger partial charge in [-0.3, -0.25) is 0 Å². The first kappa shape index (κ1) is 13.6. The van der Waals surface area contributed by atoms with Crippen LogP contribution in [0.25, 0.3) is 10.9 Å². The molecule has 0 aliphatic heterocycles. The molecule has 0 fully saturated rings. The zero-order chi connectivity index (χ0) is 14.7. The van der Waals surface area contributed by atoms with Crippen LogP contribution < -0.4 is 10.6 Å². The van der Waals surface area contributed by atoms with Gasteiger partial charge in [-0.15, -0.1) is 11.8 Å². The number of H-pyrrole nitrogens is 1.